The van der Waals surface area contributed by atoms with Crippen molar-refractivity contribution in [2.75, 3.05) is 11.9 Å². The van der Waals surface area contributed by atoms with Gasteiger partial charge in [-0.1, -0.05) is 67.5 Å². The lowest BCUT2D eigenvalue weighted by molar-refractivity contribution is -0.137. The highest BCUT2D eigenvalue weighted by molar-refractivity contribution is 5.99. The Kier molecular flexibility index (Phi) is 6.80. The van der Waals surface area contributed by atoms with E-state index < -0.39 is 22.5 Å². The third kappa shape index (κ3) is 5.07. The van der Waals surface area contributed by atoms with Crippen LogP contribution in [-0.4, -0.2) is 28.4 Å². The van der Waals surface area contributed by atoms with E-state index in [0.29, 0.717) is 35.2 Å². The first-order valence-electron chi connectivity index (χ1n) is 12.9. The number of benzene rings is 3. The number of fused-ring (bicyclic) bond motifs is 2. The third-order valence-corrected chi connectivity index (χ3v) is 7.42. The molecule has 1 unspecified atom stereocenters. The number of aryl methyl sites for hydroxylation is 2. The second kappa shape index (κ2) is 10.1. The molecular weight excluding hydrogens is 480 g/mol. The zero-order chi connectivity index (χ0) is 26.9. The second-order valence-electron chi connectivity index (χ2n) is 10.7. The molecule has 7 heteroatoms. The lowest BCUT2D eigenvalue weighted by Gasteiger charge is -2.36. The highest BCUT2D eigenvalue weighted by Gasteiger charge is 2.43. The maximum absolute atomic E-state index is 13.8. The molecule has 0 bridgehead atoms. The van der Waals surface area contributed by atoms with Crippen molar-refractivity contribution in [3.63, 3.8) is 0 Å². The van der Waals surface area contributed by atoms with E-state index in [1.54, 1.807) is 25.1 Å². The molecule has 1 aliphatic rings. The van der Waals surface area contributed by atoms with Crippen molar-refractivity contribution in [1.82, 2.24) is 5.16 Å². The molecule has 0 fully saturated rings. The van der Waals surface area contributed by atoms with Gasteiger partial charge in [0.1, 0.15) is 11.4 Å². The average molecular weight is 513 g/mol. The summed E-state index contributed by atoms with van der Waals surface area (Å²) in [6.45, 7) is 6.44. The number of anilines is 1. The zero-order valence-electron chi connectivity index (χ0n) is 21.9. The molecule has 5 rings (SSSR count). The Morgan fingerprint density at radius 3 is 2.63 bits per heavy atom. The molecule has 3 aromatic carbocycles. The Morgan fingerprint density at radius 2 is 1.84 bits per heavy atom. The number of carbonyl (C=O) groups is 1. The Hall–Kier alpha value is -3.97. The van der Waals surface area contributed by atoms with Gasteiger partial charge < -0.3 is 19.7 Å². The van der Waals surface area contributed by atoms with Gasteiger partial charge in [-0.25, -0.2) is 4.79 Å². The molecule has 0 saturated carbocycles. The van der Waals surface area contributed by atoms with Crippen molar-refractivity contribution >= 4 is 22.4 Å². The minimum Gasteiger partial charge on any atom is -0.493 e. The van der Waals surface area contributed by atoms with E-state index >= 15 is 0 Å². The van der Waals surface area contributed by atoms with E-state index in [0.717, 1.165) is 28.9 Å². The number of para-hydroxylation sites is 1. The summed E-state index contributed by atoms with van der Waals surface area (Å²) in [6, 6.07) is 20.8. The Morgan fingerprint density at radius 1 is 1.05 bits per heavy atom. The number of nitrogens with zero attached hydrogens (tertiary/aromatic N) is 1. The average Bonchev–Trinajstić information content (AvgIpc) is 3.39. The van der Waals surface area contributed by atoms with Crippen LogP contribution >= 0.6 is 0 Å². The standard InChI is InChI=1S/C31H32N2O5/c1-20-25-18-23(12-13-24(25)28(34)38-33-20)32-29(35)31(36,16-14-21-8-5-4-6-9-21)19-30(2,3)26-11-7-10-22-15-17-37-27(22)26/h4-13,18,36H,14-17,19H2,1-3H3,(H,32,35). The van der Waals surface area contributed by atoms with Gasteiger partial charge in [-0.3, -0.25) is 4.79 Å². The van der Waals surface area contributed by atoms with Gasteiger partial charge in [0.25, 0.3) is 5.91 Å². The van der Waals surface area contributed by atoms with Crippen molar-refractivity contribution in [2.45, 2.75) is 57.5 Å². The van der Waals surface area contributed by atoms with Crippen LogP contribution in [0.5, 0.6) is 5.75 Å². The molecule has 1 aromatic heterocycles. The summed E-state index contributed by atoms with van der Waals surface area (Å²) in [5, 5.41) is 19.7. The van der Waals surface area contributed by atoms with Crippen molar-refractivity contribution in [3.8, 4) is 5.75 Å². The van der Waals surface area contributed by atoms with E-state index in [-0.39, 0.29) is 12.8 Å². The van der Waals surface area contributed by atoms with Gasteiger partial charge in [-0.15, -0.1) is 0 Å². The first-order valence-corrected chi connectivity index (χ1v) is 12.9. The van der Waals surface area contributed by atoms with Gasteiger partial charge in [0.15, 0.2) is 0 Å². The number of hydrogen-bond donors (Lipinski definition) is 2. The van der Waals surface area contributed by atoms with Crippen LogP contribution in [0.15, 0.2) is 76.0 Å². The van der Waals surface area contributed by atoms with Crippen LogP contribution in [0.25, 0.3) is 10.8 Å². The molecule has 0 aliphatic carbocycles. The summed E-state index contributed by atoms with van der Waals surface area (Å²) < 4.78 is 10.8. The summed E-state index contributed by atoms with van der Waals surface area (Å²) in [4.78, 5) is 25.8. The molecule has 0 saturated heterocycles. The highest BCUT2D eigenvalue weighted by Crippen LogP contribution is 2.42. The van der Waals surface area contributed by atoms with Gasteiger partial charge in [0.05, 0.1) is 17.7 Å². The van der Waals surface area contributed by atoms with Gasteiger partial charge in [-0.05, 0) is 60.9 Å². The fraction of sp³-hybridized carbons (Fsp3) is 0.323. The monoisotopic (exact) mass is 512 g/mol. The topological polar surface area (TPSA) is 102 Å². The summed E-state index contributed by atoms with van der Waals surface area (Å²) >= 11 is 0. The molecule has 2 N–H and O–H groups in total. The number of amides is 1. The zero-order valence-corrected chi connectivity index (χ0v) is 21.9. The predicted molar refractivity (Wildman–Crippen MR) is 147 cm³/mol. The van der Waals surface area contributed by atoms with Crippen molar-refractivity contribution in [2.24, 2.45) is 0 Å². The number of carbonyl (C=O) groups excluding carboxylic acids is 1. The van der Waals surface area contributed by atoms with Crippen molar-refractivity contribution in [3.05, 3.63) is 99.5 Å². The normalized spacial score (nSPS) is 14.5. The summed E-state index contributed by atoms with van der Waals surface area (Å²) in [5.41, 5.74) is 1.41. The number of hydrogen-bond acceptors (Lipinski definition) is 6. The van der Waals surface area contributed by atoms with Crippen LogP contribution in [0.3, 0.4) is 0 Å². The first kappa shape index (κ1) is 25.7. The second-order valence-corrected chi connectivity index (χ2v) is 10.7. The quantitative estimate of drug-likeness (QED) is 0.341. The van der Waals surface area contributed by atoms with E-state index in [1.807, 2.05) is 56.3 Å². The van der Waals surface area contributed by atoms with Crippen LogP contribution in [0.2, 0.25) is 0 Å². The van der Waals surface area contributed by atoms with Crippen LogP contribution in [0.4, 0.5) is 5.69 Å². The predicted octanol–water partition coefficient (Wildman–Crippen LogP) is 5.10. The molecule has 1 atom stereocenters. The molecular formula is C31H32N2O5. The molecule has 1 amide bonds. The number of aliphatic hydroxyl groups is 1. The van der Waals surface area contributed by atoms with Crippen molar-refractivity contribution < 1.29 is 19.2 Å². The van der Waals surface area contributed by atoms with Gasteiger partial charge in [0.2, 0.25) is 0 Å². The van der Waals surface area contributed by atoms with Crippen LogP contribution in [0, 0.1) is 6.92 Å². The molecule has 2 heterocycles. The highest BCUT2D eigenvalue weighted by atomic mass is 16.5. The molecule has 1 aliphatic heterocycles. The van der Waals surface area contributed by atoms with Gasteiger partial charge >= 0.3 is 5.63 Å². The summed E-state index contributed by atoms with van der Waals surface area (Å²) in [6.07, 6.45) is 1.81. The summed E-state index contributed by atoms with van der Waals surface area (Å²) in [5.74, 6) is 0.364. The fourth-order valence-corrected chi connectivity index (χ4v) is 5.41. The van der Waals surface area contributed by atoms with E-state index in [4.69, 9.17) is 9.26 Å². The molecule has 0 spiro atoms. The maximum Gasteiger partial charge on any atom is 0.366 e. The van der Waals surface area contributed by atoms with E-state index in [2.05, 4.69) is 16.5 Å². The lowest BCUT2D eigenvalue weighted by Crippen LogP contribution is -2.47. The molecule has 0 radical (unpaired) electrons. The summed E-state index contributed by atoms with van der Waals surface area (Å²) in [7, 11) is 0. The van der Waals surface area contributed by atoms with Gasteiger partial charge in [0, 0.05) is 23.1 Å². The molecule has 4 aromatic rings. The smallest absolute Gasteiger partial charge is 0.366 e. The number of rotatable bonds is 8. The van der Waals surface area contributed by atoms with Crippen molar-refractivity contribution in [1.29, 1.82) is 0 Å². The van der Waals surface area contributed by atoms with E-state index in [1.165, 1.54) is 0 Å². The molecule has 7 nitrogen and oxygen atoms in total. The van der Waals surface area contributed by atoms with Crippen LogP contribution < -0.4 is 15.7 Å². The minimum atomic E-state index is -1.68. The Labute approximate surface area is 221 Å². The maximum atomic E-state index is 13.8. The SMILES string of the molecule is Cc1noc(=O)c2ccc(NC(=O)C(O)(CCc3ccccc3)CC(C)(C)c3cccc4c3OCC4)cc12. The van der Waals surface area contributed by atoms with E-state index in [9.17, 15) is 14.7 Å². The minimum absolute atomic E-state index is 0.191. The largest absolute Gasteiger partial charge is 0.493 e. The Bertz CT molecular complexity index is 1540. The lowest BCUT2D eigenvalue weighted by atomic mass is 9.72. The van der Waals surface area contributed by atoms with Crippen LogP contribution in [0.1, 0.15) is 49.1 Å². The molecule has 38 heavy (non-hydrogen) atoms. The van der Waals surface area contributed by atoms with Gasteiger partial charge in [-0.2, -0.15) is 0 Å². The first-order chi connectivity index (χ1) is 18.2. The third-order valence-electron chi connectivity index (χ3n) is 7.42. The van der Waals surface area contributed by atoms with Crippen LogP contribution in [-0.2, 0) is 23.1 Å². The fourth-order valence-electron chi connectivity index (χ4n) is 5.41. The Balaban J connectivity index is 1.46. The number of aromatic nitrogens is 1. The molecule has 196 valence electrons. The number of ether oxygens (including phenoxy) is 1. The number of nitrogens with one attached hydrogen (secondary N) is 1.